The molecule has 4 aliphatic carbocycles. The van der Waals surface area contributed by atoms with Gasteiger partial charge in [-0.05, 0) is 173 Å². The number of hydrogen-bond donors (Lipinski definition) is 0. The summed E-state index contributed by atoms with van der Waals surface area (Å²) in [5, 5.41) is 5.58. The lowest BCUT2D eigenvalue weighted by Gasteiger charge is -2.35. The Morgan fingerprint density at radius 2 is 0.512 bits per heavy atom. The summed E-state index contributed by atoms with van der Waals surface area (Å²) in [5.74, 6) is 0. The lowest BCUT2D eigenvalue weighted by molar-refractivity contribution is 0.394. The first-order chi connectivity index (χ1) is 39.1. The van der Waals surface area contributed by atoms with Gasteiger partial charge >= 0.3 is 0 Å². The van der Waals surface area contributed by atoms with Crippen molar-refractivity contribution in [2.75, 3.05) is 0 Å². The molecule has 0 unspecified atom stereocenters. The molecule has 0 fully saturated rings. The fourth-order valence-corrected chi connectivity index (χ4v) is 17.0. The van der Waals surface area contributed by atoms with Crippen LogP contribution in [0.1, 0.15) is 293 Å². The molecular formula is C80H102. The van der Waals surface area contributed by atoms with Crippen LogP contribution in [0, 0.1) is 0 Å². The van der Waals surface area contributed by atoms with E-state index in [4.69, 9.17) is 0 Å². The van der Waals surface area contributed by atoms with Crippen LogP contribution in [-0.4, -0.2) is 0 Å². The highest BCUT2D eigenvalue weighted by Crippen LogP contribution is 2.65. The van der Waals surface area contributed by atoms with Gasteiger partial charge in [-0.3, -0.25) is 0 Å². The monoisotopic (exact) mass is 1060 g/mol. The average molecular weight is 1060 g/mol. The molecule has 11 rings (SSSR count). The van der Waals surface area contributed by atoms with Crippen molar-refractivity contribution in [1.82, 2.24) is 0 Å². The average Bonchev–Trinajstić information content (AvgIpc) is 4.06. The number of unbranched alkanes of at least 4 members (excludes halogenated alkanes) is 22. The molecule has 0 saturated carbocycles. The molecule has 0 heterocycles. The van der Waals surface area contributed by atoms with E-state index in [0.29, 0.717) is 0 Å². The van der Waals surface area contributed by atoms with Gasteiger partial charge in [-0.15, -0.1) is 0 Å². The van der Waals surface area contributed by atoms with Crippen LogP contribution in [0.5, 0.6) is 0 Å². The van der Waals surface area contributed by atoms with Crippen LogP contribution in [-0.2, 0) is 21.7 Å². The van der Waals surface area contributed by atoms with Gasteiger partial charge in [0.25, 0.3) is 0 Å². The molecule has 422 valence electrons. The minimum absolute atomic E-state index is 0.0325. The van der Waals surface area contributed by atoms with Gasteiger partial charge in [0.05, 0.1) is 0 Å². The zero-order valence-corrected chi connectivity index (χ0v) is 51.6. The third-order valence-corrected chi connectivity index (χ3v) is 21.5. The molecule has 7 aromatic rings. The highest BCUT2D eigenvalue weighted by Gasteiger charge is 2.51. The Morgan fingerprint density at radius 3 is 0.825 bits per heavy atom. The topological polar surface area (TPSA) is 0 Å². The molecule has 4 aliphatic rings. The summed E-state index contributed by atoms with van der Waals surface area (Å²) < 4.78 is 0. The molecule has 0 N–H and O–H groups in total. The van der Waals surface area contributed by atoms with E-state index in [1.165, 1.54) is 259 Å². The van der Waals surface area contributed by atoms with Crippen molar-refractivity contribution in [3.63, 3.8) is 0 Å². The molecule has 0 bridgehead atoms. The van der Waals surface area contributed by atoms with Gasteiger partial charge in [-0.2, -0.15) is 0 Å². The van der Waals surface area contributed by atoms with Crippen molar-refractivity contribution >= 4 is 21.5 Å². The normalized spacial score (nSPS) is 15.9. The molecule has 0 heteroatoms. The molecule has 0 amide bonds. The van der Waals surface area contributed by atoms with Crippen LogP contribution in [0.15, 0.2) is 109 Å². The minimum atomic E-state index is -0.0910. The number of fused-ring (bicyclic) bond motifs is 16. The van der Waals surface area contributed by atoms with Crippen molar-refractivity contribution in [3.8, 4) is 44.5 Å². The van der Waals surface area contributed by atoms with E-state index in [1.807, 2.05) is 0 Å². The van der Waals surface area contributed by atoms with Gasteiger partial charge in [-0.1, -0.05) is 295 Å². The number of rotatable bonds is 30. The minimum Gasteiger partial charge on any atom is -0.0654 e. The lowest BCUT2D eigenvalue weighted by Crippen LogP contribution is -2.27. The zero-order valence-electron chi connectivity index (χ0n) is 51.6. The molecule has 0 atom stereocenters. The van der Waals surface area contributed by atoms with Crippen LogP contribution in [0.4, 0.5) is 0 Å². The van der Waals surface area contributed by atoms with Gasteiger partial charge in [0.15, 0.2) is 0 Å². The van der Waals surface area contributed by atoms with Crippen LogP contribution >= 0.6 is 0 Å². The summed E-state index contributed by atoms with van der Waals surface area (Å²) in [7, 11) is 0. The Balaban J connectivity index is 1.14. The molecule has 0 saturated heterocycles. The molecular weight excluding hydrogens is 961 g/mol. The van der Waals surface area contributed by atoms with Crippen molar-refractivity contribution in [1.29, 1.82) is 0 Å². The van der Waals surface area contributed by atoms with E-state index in [1.54, 1.807) is 44.5 Å². The smallest absolute Gasteiger partial charge is 0.0215 e. The Bertz CT molecular complexity index is 3260. The highest BCUT2D eigenvalue weighted by molar-refractivity contribution is 6.06. The standard InChI is InChI=1S/C80H102/c1-9-13-17-21-25-29-37-49-80(50-38-30-26-22-18-14-10-2)72-54-63-61-51-69-65(75-59-41-33-31-39-57(59)43-45-67(75)77(69,5)6)55-73(61)79(47-35-27-23-19-15-11-3,48-36-28-24-20-16-12-4)71(63)53-64(72)62-52-70-66(56-74(62)80)76-60-42-34-32-40-58(60)44-46-68(76)78(70,7)8/h31-34,39-46,51-56H,9-30,35-38,47-50H2,1-8H3. The fourth-order valence-electron chi connectivity index (χ4n) is 17.0. The third kappa shape index (κ3) is 10.2. The van der Waals surface area contributed by atoms with Gasteiger partial charge in [0, 0.05) is 21.7 Å². The lowest BCUT2D eigenvalue weighted by atomic mass is 9.68. The summed E-state index contributed by atoms with van der Waals surface area (Å²) in [4.78, 5) is 0. The van der Waals surface area contributed by atoms with E-state index >= 15 is 0 Å². The number of benzene rings is 7. The summed E-state index contributed by atoms with van der Waals surface area (Å²) in [6.07, 6.45) is 39.9. The first-order valence-corrected chi connectivity index (χ1v) is 33.7. The Labute approximate surface area is 486 Å². The third-order valence-electron chi connectivity index (χ3n) is 21.5. The van der Waals surface area contributed by atoms with Crippen LogP contribution < -0.4 is 0 Å². The van der Waals surface area contributed by atoms with E-state index < -0.39 is 0 Å². The second-order valence-corrected chi connectivity index (χ2v) is 27.4. The number of hydrogen-bond acceptors (Lipinski definition) is 0. The molecule has 7 aromatic carbocycles. The Kier molecular flexibility index (Phi) is 17.4. The van der Waals surface area contributed by atoms with Crippen LogP contribution in [0.2, 0.25) is 0 Å². The fraction of sp³-hybridized carbons (Fsp3) is 0.525. The van der Waals surface area contributed by atoms with Crippen LogP contribution in [0.25, 0.3) is 66.1 Å². The van der Waals surface area contributed by atoms with E-state index in [-0.39, 0.29) is 21.7 Å². The Morgan fingerprint density at radius 1 is 0.250 bits per heavy atom. The first kappa shape index (κ1) is 56.9. The van der Waals surface area contributed by atoms with Crippen molar-refractivity contribution in [2.24, 2.45) is 0 Å². The predicted octanol–water partition coefficient (Wildman–Crippen LogP) is 24.9. The van der Waals surface area contributed by atoms with Gasteiger partial charge in [-0.25, -0.2) is 0 Å². The molecule has 0 nitrogen and oxygen atoms in total. The van der Waals surface area contributed by atoms with Crippen molar-refractivity contribution < 1.29 is 0 Å². The molecule has 0 spiro atoms. The summed E-state index contributed by atoms with van der Waals surface area (Å²) >= 11 is 0. The summed E-state index contributed by atoms with van der Waals surface area (Å²) in [6, 6.07) is 45.4. The summed E-state index contributed by atoms with van der Waals surface area (Å²) in [5.41, 5.74) is 24.9. The molecule has 0 radical (unpaired) electrons. The second-order valence-electron chi connectivity index (χ2n) is 27.4. The molecule has 0 aliphatic heterocycles. The second kappa shape index (κ2) is 24.5. The maximum Gasteiger partial charge on any atom is 0.0215 e. The predicted molar refractivity (Wildman–Crippen MR) is 350 cm³/mol. The van der Waals surface area contributed by atoms with Crippen molar-refractivity contribution in [3.05, 3.63) is 154 Å². The largest absolute Gasteiger partial charge is 0.0654 e. The first-order valence-electron chi connectivity index (χ1n) is 33.7. The summed E-state index contributed by atoms with van der Waals surface area (Å²) in [6.45, 7) is 19.6. The SMILES string of the molecule is CCCCCCCCCC1(CCCCCCCCC)c2cc3c(cc2-c2cc4c(cc21)-c1cc2c(cc1C4(CCCCCCCC)CCCCCCCC)-c1c(ccc4ccccc14)C2(C)C)C(C)(C)c1ccc2ccccc2c1-3. The van der Waals surface area contributed by atoms with E-state index in [9.17, 15) is 0 Å². The van der Waals surface area contributed by atoms with Gasteiger partial charge in [0.2, 0.25) is 0 Å². The zero-order chi connectivity index (χ0) is 55.5. The molecule has 0 aromatic heterocycles. The van der Waals surface area contributed by atoms with Gasteiger partial charge < -0.3 is 0 Å². The molecule has 80 heavy (non-hydrogen) atoms. The van der Waals surface area contributed by atoms with Gasteiger partial charge in [0.1, 0.15) is 0 Å². The van der Waals surface area contributed by atoms with E-state index in [2.05, 4.69) is 165 Å². The van der Waals surface area contributed by atoms with Crippen LogP contribution in [0.3, 0.4) is 0 Å². The Hall–Kier alpha value is -4.94. The maximum atomic E-state index is 2.92. The maximum absolute atomic E-state index is 2.92. The van der Waals surface area contributed by atoms with E-state index in [0.717, 1.165) is 0 Å². The quantitative estimate of drug-likeness (QED) is 0.0394. The van der Waals surface area contributed by atoms with Crippen molar-refractivity contribution in [2.45, 2.75) is 270 Å². The highest BCUT2D eigenvalue weighted by atomic mass is 14.5.